The summed E-state index contributed by atoms with van der Waals surface area (Å²) in [4.78, 5) is 4.31. The van der Waals surface area contributed by atoms with E-state index in [0.29, 0.717) is 0 Å². The minimum absolute atomic E-state index is 0.0469. The quantitative estimate of drug-likeness (QED) is 0.894. The summed E-state index contributed by atoms with van der Waals surface area (Å²) in [6, 6.07) is 12.1. The Kier molecular flexibility index (Phi) is 4.53. The van der Waals surface area contributed by atoms with E-state index in [0.717, 1.165) is 29.8 Å². The number of nitrogens with zero attached hydrogens (tertiary/aromatic N) is 1. The maximum Gasteiger partial charge on any atom is 0.122 e. The van der Waals surface area contributed by atoms with Crippen LogP contribution in [0.4, 0.5) is 0 Å². The second-order valence-corrected chi connectivity index (χ2v) is 4.80. The van der Waals surface area contributed by atoms with Crippen molar-refractivity contribution in [3.05, 3.63) is 59.4 Å². The molecule has 0 saturated carbocycles. The SMILES string of the molecule is COc1ccc(C)cc1CC(N)Cc1ccccn1. The lowest BCUT2D eigenvalue weighted by Gasteiger charge is -2.14. The summed E-state index contributed by atoms with van der Waals surface area (Å²) >= 11 is 0. The third-order valence-electron chi connectivity index (χ3n) is 3.12. The van der Waals surface area contributed by atoms with Crippen LogP contribution in [0, 0.1) is 6.92 Å². The number of hydrogen-bond donors (Lipinski definition) is 1. The van der Waals surface area contributed by atoms with Gasteiger partial charge in [0.2, 0.25) is 0 Å². The monoisotopic (exact) mass is 256 g/mol. The molecular weight excluding hydrogens is 236 g/mol. The van der Waals surface area contributed by atoms with Crippen LogP contribution in [0.25, 0.3) is 0 Å². The van der Waals surface area contributed by atoms with E-state index in [9.17, 15) is 0 Å². The van der Waals surface area contributed by atoms with Crippen molar-refractivity contribution in [1.29, 1.82) is 0 Å². The van der Waals surface area contributed by atoms with Crippen molar-refractivity contribution >= 4 is 0 Å². The number of nitrogens with two attached hydrogens (primary N) is 1. The number of aromatic nitrogens is 1. The van der Waals surface area contributed by atoms with Crippen LogP contribution in [0.2, 0.25) is 0 Å². The maximum atomic E-state index is 6.22. The van der Waals surface area contributed by atoms with Gasteiger partial charge in [-0.15, -0.1) is 0 Å². The van der Waals surface area contributed by atoms with Crippen molar-refractivity contribution < 1.29 is 4.74 Å². The smallest absolute Gasteiger partial charge is 0.122 e. The Morgan fingerprint density at radius 3 is 2.74 bits per heavy atom. The molecule has 0 spiro atoms. The van der Waals surface area contributed by atoms with Crippen molar-refractivity contribution in [2.45, 2.75) is 25.8 Å². The zero-order valence-corrected chi connectivity index (χ0v) is 11.5. The first-order valence-electron chi connectivity index (χ1n) is 6.48. The second-order valence-electron chi connectivity index (χ2n) is 4.80. The molecule has 0 amide bonds. The summed E-state index contributed by atoms with van der Waals surface area (Å²) in [5, 5.41) is 0. The normalized spacial score (nSPS) is 12.2. The molecule has 3 heteroatoms. The molecule has 0 bridgehead atoms. The average molecular weight is 256 g/mol. The Balaban J connectivity index is 2.06. The van der Waals surface area contributed by atoms with Gasteiger partial charge in [-0.2, -0.15) is 0 Å². The lowest BCUT2D eigenvalue weighted by Crippen LogP contribution is -2.26. The minimum atomic E-state index is 0.0469. The largest absolute Gasteiger partial charge is 0.496 e. The molecule has 0 radical (unpaired) electrons. The first-order chi connectivity index (χ1) is 9.19. The summed E-state index contributed by atoms with van der Waals surface area (Å²) in [6.45, 7) is 2.08. The highest BCUT2D eigenvalue weighted by molar-refractivity contribution is 5.37. The van der Waals surface area contributed by atoms with Gasteiger partial charge in [0.25, 0.3) is 0 Å². The highest BCUT2D eigenvalue weighted by Crippen LogP contribution is 2.21. The van der Waals surface area contributed by atoms with Gasteiger partial charge in [0.1, 0.15) is 5.75 Å². The van der Waals surface area contributed by atoms with Gasteiger partial charge in [-0.3, -0.25) is 4.98 Å². The first kappa shape index (κ1) is 13.6. The Bertz CT molecular complexity index is 526. The van der Waals surface area contributed by atoms with E-state index in [2.05, 4.69) is 18.0 Å². The highest BCUT2D eigenvalue weighted by atomic mass is 16.5. The summed E-state index contributed by atoms with van der Waals surface area (Å²) < 4.78 is 5.38. The molecule has 3 nitrogen and oxygen atoms in total. The van der Waals surface area contributed by atoms with Crippen LogP contribution in [0.3, 0.4) is 0 Å². The Labute approximate surface area is 114 Å². The fraction of sp³-hybridized carbons (Fsp3) is 0.312. The molecule has 100 valence electrons. The molecule has 1 aromatic carbocycles. The van der Waals surface area contributed by atoms with Crippen molar-refractivity contribution in [1.82, 2.24) is 4.98 Å². The molecule has 0 aliphatic rings. The van der Waals surface area contributed by atoms with Gasteiger partial charge in [-0.25, -0.2) is 0 Å². The molecule has 0 fully saturated rings. The number of rotatable bonds is 5. The van der Waals surface area contributed by atoms with E-state index in [-0.39, 0.29) is 6.04 Å². The van der Waals surface area contributed by atoms with E-state index in [1.807, 2.05) is 30.3 Å². The zero-order chi connectivity index (χ0) is 13.7. The average Bonchev–Trinajstić information content (AvgIpc) is 2.40. The molecular formula is C16H20N2O. The van der Waals surface area contributed by atoms with E-state index in [1.165, 1.54) is 5.56 Å². The first-order valence-corrected chi connectivity index (χ1v) is 6.48. The van der Waals surface area contributed by atoms with Crippen molar-refractivity contribution in [3.8, 4) is 5.75 Å². The van der Waals surface area contributed by atoms with Crippen LogP contribution >= 0.6 is 0 Å². The summed E-state index contributed by atoms with van der Waals surface area (Å²) in [6.07, 6.45) is 3.37. The van der Waals surface area contributed by atoms with Gasteiger partial charge in [-0.05, 0) is 37.1 Å². The minimum Gasteiger partial charge on any atom is -0.496 e. The standard InChI is InChI=1S/C16H20N2O/c1-12-6-7-16(19-2)13(9-12)10-14(17)11-15-5-3-4-8-18-15/h3-9,14H,10-11,17H2,1-2H3. The molecule has 1 atom stereocenters. The van der Waals surface area contributed by atoms with Crippen LogP contribution < -0.4 is 10.5 Å². The molecule has 2 aromatic rings. The van der Waals surface area contributed by atoms with Crippen molar-refractivity contribution in [2.75, 3.05) is 7.11 Å². The third-order valence-corrected chi connectivity index (χ3v) is 3.12. The molecule has 0 saturated heterocycles. The number of aryl methyl sites for hydroxylation is 1. The second kappa shape index (κ2) is 6.34. The maximum absolute atomic E-state index is 6.22. The van der Waals surface area contributed by atoms with E-state index in [1.54, 1.807) is 13.3 Å². The molecule has 2 N–H and O–H groups in total. The number of hydrogen-bond acceptors (Lipinski definition) is 3. The van der Waals surface area contributed by atoms with Crippen LogP contribution in [0.15, 0.2) is 42.6 Å². The number of methoxy groups -OCH3 is 1. The zero-order valence-electron chi connectivity index (χ0n) is 11.5. The Hall–Kier alpha value is -1.87. The highest BCUT2D eigenvalue weighted by Gasteiger charge is 2.10. The summed E-state index contributed by atoms with van der Waals surface area (Å²) in [5.74, 6) is 0.905. The Morgan fingerprint density at radius 1 is 1.21 bits per heavy atom. The van der Waals surface area contributed by atoms with Gasteiger partial charge >= 0.3 is 0 Å². The molecule has 0 aliphatic carbocycles. The van der Waals surface area contributed by atoms with Gasteiger partial charge in [-0.1, -0.05) is 23.8 Å². The summed E-state index contributed by atoms with van der Waals surface area (Å²) in [7, 11) is 1.69. The van der Waals surface area contributed by atoms with Crippen LogP contribution in [-0.2, 0) is 12.8 Å². The van der Waals surface area contributed by atoms with Gasteiger partial charge in [0.15, 0.2) is 0 Å². The van der Waals surface area contributed by atoms with Crippen LogP contribution in [0.5, 0.6) is 5.75 Å². The van der Waals surface area contributed by atoms with Crippen molar-refractivity contribution in [2.24, 2.45) is 5.73 Å². The van der Waals surface area contributed by atoms with E-state index >= 15 is 0 Å². The van der Waals surface area contributed by atoms with Crippen molar-refractivity contribution in [3.63, 3.8) is 0 Å². The third kappa shape index (κ3) is 3.80. The fourth-order valence-electron chi connectivity index (χ4n) is 2.21. The fourth-order valence-corrected chi connectivity index (χ4v) is 2.21. The predicted molar refractivity (Wildman–Crippen MR) is 77.4 cm³/mol. The molecule has 19 heavy (non-hydrogen) atoms. The lowest BCUT2D eigenvalue weighted by molar-refractivity contribution is 0.407. The lowest BCUT2D eigenvalue weighted by atomic mass is 10.00. The van der Waals surface area contributed by atoms with E-state index in [4.69, 9.17) is 10.5 Å². The topological polar surface area (TPSA) is 48.1 Å². The van der Waals surface area contributed by atoms with Gasteiger partial charge in [0.05, 0.1) is 7.11 Å². The number of ether oxygens (including phenoxy) is 1. The van der Waals surface area contributed by atoms with Crippen LogP contribution in [0.1, 0.15) is 16.8 Å². The van der Waals surface area contributed by atoms with Gasteiger partial charge in [0, 0.05) is 24.4 Å². The predicted octanol–water partition coefficient (Wildman–Crippen LogP) is 2.51. The summed E-state index contributed by atoms with van der Waals surface area (Å²) in [5.41, 5.74) is 9.63. The number of benzene rings is 1. The van der Waals surface area contributed by atoms with Crippen LogP contribution in [-0.4, -0.2) is 18.1 Å². The van der Waals surface area contributed by atoms with Gasteiger partial charge < -0.3 is 10.5 Å². The molecule has 1 heterocycles. The number of pyridine rings is 1. The Morgan fingerprint density at radius 2 is 2.05 bits per heavy atom. The molecule has 1 aromatic heterocycles. The molecule has 1 unspecified atom stereocenters. The van der Waals surface area contributed by atoms with E-state index < -0.39 is 0 Å². The molecule has 2 rings (SSSR count). The molecule has 0 aliphatic heterocycles.